The predicted octanol–water partition coefficient (Wildman–Crippen LogP) is 5.03. The Morgan fingerprint density at radius 1 is 0.892 bits per heavy atom. The molecule has 8 nitrogen and oxygen atoms in total. The molecule has 0 saturated heterocycles. The lowest BCUT2D eigenvalue weighted by atomic mass is 9.82. The lowest BCUT2D eigenvalue weighted by Gasteiger charge is -2.34. The van der Waals surface area contributed by atoms with Gasteiger partial charge in [-0.2, -0.15) is 0 Å². The maximum absolute atomic E-state index is 14.6. The average molecular weight is 505 g/mol. The molecule has 1 heterocycles. The van der Waals surface area contributed by atoms with Gasteiger partial charge in [-0.3, -0.25) is 10.1 Å². The summed E-state index contributed by atoms with van der Waals surface area (Å²) in [5.41, 5.74) is 0.0291. The van der Waals surface area contributed by atoms with Crippen LogP contribution in [0.1, 0.15) is 37.5 Å². The van der Waals surface area contributed by atoms with E-state index in [0.717, 1.165) is 5.56 Å². The summed E-state index contributed by atoms with van der Waals surface area (Å²) in [7, 11) is 4.51. The molecule has 1 unspecified atom stereocenters. The number of hydrogen-bond donors (Lipinski definition) is 1. The van der Waals surface area contributed by atoms with Crippen molar-refractivity contribution in [2.45, 2.75) is 38.5 Å². The first-order valence-electron chi connectivity index (χ1n) is 11.9. The van der Waals surface area contributed by atoms with E-state index in [-0.39, 0.29) is 5.91 Å². The van der Waals surface area contributed by atoms with E-state index >= 15 is 0 Å². The summed E-state index contributed by atoms with van der Waals surface area (Å²) in [4.78, 5) is 29.6. The van der Waals surface area contributed by atoms with Crippen molar-refractivity contribution in [1.82, 2.24) is 5.32 Å². The molecule has 1 aliphatic rings. The molecule has 3 aromatic rings. The van der Waals surface area contributed by atoms with Gasteiger partial charge < -0.3 is 23.8 Å². The van der Waals surface area contributed by atoms with Crippen LogP contribution >= 0.6 is 0 Å². The quantitative estimate of drug-likeness (QED) is 0.486. The van der Waals surface area contributed by atoms with Gasteiger partial charge in [0.2, 0.25) is 0 Å². The van der Waals surface area contributed by atoms with Crippen LogP contribution in [-0.2, 0) is 21.6 Å². The highest BCUT2D eigenvalue weighted by atomic mass is 16.6. The highest BCUT2D eigenvalue weighted by Gasteiger charge is 2.56. The molecule has 0 aromatic heterocycles. The van der Waals surface area contributed by atoms with Crippen LogP contribution in [0.5, 0.6) is 17.2 Å². The molecule has 194 valence electrons. The van der Waals surface area contributed by atoms with Crippen LogP contribution in [0.15, 0.2) is 66.7 Å². The molecule has 4 rings (SSSR count). The lowest BCUT2D eigenvalue weighted by Crippen LogP contribution is -2.55. The monoisotopic (exact) mass is 504 g/mol. The molecule has 1 aliphatic heterocycles. The summed E-state index contributed by atoms with van der Waals surface area (Å²) in [6, 6.07) is 20.3. The van der Waals surface area contributed by atoms with Crippen LogP contribution < -0.4 is 24.4 Å². The summed E-state index contributed by atoms with van der Waals surface area (Å²) >= 11 is 0. The van der Waals surface area contributed by atoms with E-state index in [9.17, 15) is 9.59 Å². The minimum atomic E-state index is -1.70. The zero-order valence-corrected chi connectivity index (χ0v) is 22.0. The number of nitrogens with one attached hydrogen (secondary N) is 1. The number of carbonyl (C=O) groups excluding carboxylic acids is 2. The molecule has 0 saturated carbocycles. The number of benzene rings is 3. The van der Waals surface area contributed by atoms with E-state index in [1.807, 2.05) is 54.6 Å². The molecule has 37 heavy (non-hydrogen) atoms. The van der Waals surface area contributed by atoms with Gasteiger partial charge in [-0.1, -0.05) is 48.5 Å². The van der Waals surface area contributed by atoms with Crippen LogP contribution in [0.4, 0.5) is 10.5 Å². The maximum Gasteiger partial charge on any atom is 0.409 e. The van der Waals surface area contributed by atoms with Crippen molar-refractivity contribution in [1.29, 1.82) is 0 Å². The van der Waals surface area contributed by atoms with E-state index in [4.69, 9.17) is 18.9 Å². The van der Waals surface area contributed by atoms with Gasteiger partial charge in [0.05, 0.1) is 39.1 Å². The van der Waals surface area contributed by atoms with Crippen molar-refractivity contribution in [3.8, 4) is 17.2 Å². The number of carbonyl (C=O) groups is 2. The number of ether oxygens (including phenoxy) is 4. The zero-order chi connectivity index (χ0) is 26.8. The van der Waals surface area contributed by atoms with Gasteiger partial charge in [0.25, 0.3) is 5.91 Å². The molecule has 1 atom stereocenters. The number of methoxy groups -OCH3 is 3. The SMILES string of the molecule is COc1cc(OC)c(C2(NC(=O)OC(C)(C)C)C(=O)N(Cc3ccccc3)c3ccccc32)c(OC)c1. The van der Waals surface area contributed by atoms with E-state index in [0.29, 0.717) is 40.6 Å². The predicted molar refractivity (Wildman–Crippen MR) is 140 cm³/mol. The average Bonchev–Trinajstić information content (AvgIpc) is 3.10. The van der Waals surface area contributed by atoms with Crippen molar-refractivity contribution in [3.63, 3.8) is 0 Å². The van der Waals surface area contributed by atoms with Crippen molar-refractivity contribution >= 4 is 17.7 Å². The highest BCUT2D eigenvalue weighted by Crippen LogP contribution is 2.51. The van der Waals surface area contributed by atoms with Crippen molar-refractivity contribution in [2.75, 3.05) is 26.2 Å². The number of anilines is 1. The molecular formula is C29H32N2O6. The third-order valence-corrected chi connectivity index (χ3v) is 6.13. The molecule has 0 aliphatic carbocycles. The second kappa shape index (κ2) is 10.0. The number of nitrogens with zero attached hydrogens (tertiary/aromatic N) is 1. The second-order valence-electron chi connectivity index (χ2n) is 9.68. The molecular weight excluding hydrogens is 472 g/mol. The van der Waals surface area contributed by atoms with Gasteiger partial charge >= 0.3 is 6.09 Å². The standard InChI is InChI=1S/C29H32N2O6/c1-28(2,3)37-27(33)30-29(25-23(35-5)16-20(34-4)17-24(25)36-6)21-14-10-11-15-22(21)31(26(29)32)18-19-12-8-7-9-13-19/h7-17H,18H2,1-6H3,(H,30,33). The molecule has 3 aromatic carbocycles. The fraction of sp³-hybridized carbons (Fsp3) is 0.310. The largest absolute Gasteiger partial charge is 0.496 e. The summed E-state index contributed by atoms with van der Waals surface area (Å²) in [6.07, 6.45) is -0.753. The van der Waals surface area contributed by atoms with Crippen LogP contribution in [0, 0.1) is 0 Å². The Labute approximate surface area is 217 Å². The normalized spacial score (nSPS) is 16.7. The maximum atomic E-state index is 14.6. The Kier molecular flexibility index (Phi) is 7.03. The Hall–Kier alpha value is -4.20. The third-order valence-electron chi connectivity index (χ3n) is 6.13. The molecule has 2 amide bonds. The van der Waals surface area contributed by atoms with E-state index in [1.165, 1.54) is 21.3 Å². The molecule has 0 spiro atoms. The van der Waals surface area contributed by atoms with Crippen molar-refractivity contribution in [3.05, 3.63) is 83.4 Å². The van der Waals surface area contributed by atoms with Gasteiger partial charge in [-0.05, 0) is 32.4 Å². The van der Waals surface area contributed by atoms with Crippen LogP contribution in [0.2, 0.25) is 0 Å². The molecule has 1 N–H and O–H groups in total. The first-order chi connectivity index (χ1) is 17.6. The summed E-state index contributed by atoms with van der Waals surface area (Å²) < 4.78 is 22.5. The topological polar surface area (TPSA) is 86.3 Å². The third kappa shape index (κ3) is 4.79. The second-order valence-corrected chi connectivity index (χ2v) is 9.68. The van der Waals surface area contributed by atoms with Crippen molar-refractivity contribution < 1.29 is 28.5 Å². The van der Waals surface area contributed by atoms with E-state index < -0.39 is 17.2 Å². The van der Waals surface area contributed by atoms with Crippen LogP contribution in [-0.4, -0.2) is 38.9 Å². The van der Waals surface area contributed by atoms with Gasteiger partial charge in [0, 0.05) is 17.7 Å². The highest BCUT2D eigenvalue weighted by molar-refractivity contribution is 6.12. The fourth-order valence-corrected chi connectivity index (χ4v) is 4.63. The Morgan fingerprint density at radius 3 is 2.05 bits per heavy atom. The smallest absolute Gasteiger partial charge is 0.409 e. The van der Waals surface area contributed by atoms with E-state index in [1.54, 1.807) is 37.8 Å². The summed E-state index contributed by atoms with van der Waals surface area (Å²) in [5.74, 6) is 0.740. The van der Waals surface area contributed by atoms with Gasteiger partial charge in [-0.25, -0.2) is 4.79 Å². The number of alkyl carbamates (subject to hydrolysis) is 1. The summed E-state index contributed by atoms with van der Waals surface area (Å²) in [6.45, 7) is 5.59. The van der Waals surface area contributed by atoms with E-state index in [2.05, 4.69) is 5.32 Å². The first-order valence-corrected chi connectivity index (χ1v) is 11.9. The Balaban J connectivity index is 1.99. The Morgan fingerprint density at radius 2 is 1.49 bits per heavy atom. The van der Waals surface area contributed by atoms with Crippen LogP contribution in [0.3, 0.4) is 0 Å². The number of fused-ring (bicyclic) bond motifs is 1. The Bertz CT molecular complexity index is 1280. The molecule has 0 bridgehead atoms. The molecule has 8 heteroatoms. The molecule has 0 fully saturated rings. The number of rotatable bonds is 7. The van der Waals surface area contributed by atoms with Crippen molar-refractivity contribution in [2.24, 2.45) is 0 Å². The minimum absolute atomic E-state index is 0.301. The van der Waals surface area contributed by atoms with Gasteiger partial charge in [0.15, 0.2) is 5.54 Å². The number of amides is 2. The first kappa shape index (κ1) is 25.9. The lowest BCUT2D eigenvalue weighted by molar-refractivity contribution is -0.123. The summed E-state index contributed by atoms with van der Waals surface area (Å²) in [5, 5.41) is 2.92. The minimum Gasteiger partial charge on any atom is -0.496 e. The van der Waals surface area contributed by atoms with Gasteiger partial charge in [-0.15, -0.1) is 0 Å². The van der Waals surface area contributed by atoms with Crippen LogP contribution in [0.25, 0.3) is 0 Å². The van der Waals surface area contributed by atoms with Gasteiger partial charge in [0.1, 0.15) is 22.8 Å². The number of hydrogen-bond acceptors (Lipinski definition) is 6. The number of para-hydroxylation sites is 1. The molecule has 0 radical (unpaired) electrons. The zero-order valence-electron chi connectivity index (χ0n) is 22.0. The fourth-order valence-electron chi connectivity index (χ4n) is 4.63.